The molecule has 0 saturated heterocycles. The molecule has 6 heteroatoms. The lowest BCUT2D eigenvalue weighted by Crippen LogP contribution is -2.11. The molecule has 90 valence electrons. The second kappa shape index (κ2) is 6.33. The number of primary amides is 1. The zero-order valence-corrected chi connectivity index (χ0v) is 9.44. The summed E-state index contributed by atoms with van der Waals surface area (Å²) in [6.07, 6.45) is 3.39. The Morgan fingerprint density at radius 2 is 2.29 bits per heavy atom. The van der Waals surface area contributed by atoms with Crippen LogP contribution in [0.1, 0.15) is 24.8 Å². The van der Waals surface area contributed by atoms with Gasteiger partial charge in [0.15, 0.2) is 0 Å². The van der Waals surface area contributed by atoms with Gasteiger partial charge in [-0.25, -0.2) is 4.98 Å². The first kappa shape index (κ1) is 12.8. The summed E-state index contributed by atoms with van der Waals surface area (Å²) in [4.78, 5) is 14.5. The smallest absolute Gasteiger partial charge is 0.217 e. The van der Waals surface area contributed by atoms with E-state index in [0.29, 0.717) is 30.0 Å². The van der Waals surface area contributed by atoms with E-state index < -0.39 is 0 Å². The summed E-state index contributed by atoms with van der Waals surface area (Å²) in [6.45, 7) is 0.663. The molecule has 0 aliphatic carbocycles. The van der Waals surface area contributed by atoms with Crippen LogP contribution in [0.25, 0.3) is 0 Å². The molecule has 0 aromatic carbocycles. The molecule has 0 aliphatic rings. The molecule has 0 atom stereocenters. The van der Waals surface area contributed by atoms with E-state index in [1.54, 1.807) is 6.07 Å². The summed E-state index contributed by atoms with van der Waals surface area (Å²) in [5.41, 5.74) is 11.6. The van der Waals surface area contributed by atoms with Gasteiger partial charge in [0, 0.05) is 19.2 Å². The van der Waals surface area contributed by atoms with Crippen LogP contribution in [0, 0.1) is 11.3 Å². The van der Waals surface area contributed by atoms with Gasteiger partial charge in [0.25, 0.3) is 0 Å². The van der Waals surface area contributed by atoms with Crippen LogP contribution in [0.15, 0.2) is 12.3 Å². The van der Waals surface area contributed by atoms with Crippen molar-refractivity contribution in [1.29, 1.82) is 5.26 Å². The number of carbonyl (C=O) groups excluding carboxylic acids is 1. The molecule has 0 bridgehead atoms. The van der Waals surface area contributed by atoms with E-state index in [-0.39, 0.29) is 5.91 Å². The fraction of sp³-hybridized carbons (Fsp3) is 0.364. The molecule has 17 heavy (non-hydrogen) atoms. The van der Waals surface area contributed by atoms with E-state index >= 15 is 0 Å². The van der Waals surface area contributed by atoms with Crippen molar-refractivity contribution in [3.63, 3.8) is 0 Å². The number of anilines is 2. The third-order valence-corrected chi connectivity index (χ3v) is 2.19. The first-order chi connectivity index (χ1) is 8.13. The van der Waals surface area contributed by atoms with Crippen molar-refractivity contribution in [2.24, 2.45) is 5.73 Å². The average Bonchev–Trinajstić information content (AvgIpc) is 2.30. The average molecular weight is 233 g/mol. The second-order valence-corrected chi connectivity index (χ2v) is 3.62. The van der Waals surface area contributed by atoms with Gasteiger partial charge in [-0.1, -0.05) is 0 Å². The molecular weight excluding hydrogens is 218 g/mol. The maximum Gasteiger partial charge on any atom is 0.217 e. The number of nitrogen functional groups attached to an aromatic ring is 1. The van der Waals surface area contributed by atoms with Gasteiger partial charge in [-0.15, -0.1) is 0 Å². The van der Waals surface area contributed by atoms with Gasteiger partial charge in [0.2, 0.25) is 5.91 Å². The Labute approximate surface area is 99.6 Å². The third kappa shape index (κ3) is 4.38. The summed E-state index contributed by atoms with van der Waals surface area (Å²) >= 11 is 0. The number of hydrogen-bond donors (Lipinski definition) is 3. The third-order valence-electron chi connectivity index (χ3n) is 2.19. The fourth-order valence-electron chi connectivity index (χ4n) is 1.32. The summed E-state index contributed by atoms with van der Waals surface area (Å²) in [5.74, 6) is 0.268. The number of hydrogen-bond acceptors (Lipinski definition) is 5. The summed E-state index contributed by atoms with van der Waals surface area (Å²) in [7, 11) is 0. The predicted molar refractivity (Wildman–Crippen MR) is 64.9 cm³/mol. The number of aromatic nitrogens is 1. The first-order valence-corrected chi connectivity index (χ1v) is 5.31. The molecule has 5 N–H and O–H groups in total. The molecule has 0 radical (unpaired) electrons. The number of pyridine rings is 1. The number of carbonyl (C=O) groups is 1. The molecular formula is C11H15N5O. The molecule has 6 nitrogen and oxygen atoms in total. The van der Waals surface area contributed by atoms with Gasteiger partial charge in [-0.05, 0) is 18.9 Å². The molecule has 0 aliphatic heterocycles. The summed E-state index contributed by atoms with van der Waals surface area (Å²) < 4.78 is 0. The number of nitrogens with two attached hydrogens (primary N) is 2. The zero-order chi connectivity index (χ0) is 12.7. The van der Waals surface area contributed by atoms with Crippen LogP contribution in [0.3, 0.4) is 0 Å². The van der Waals surface area contributed by atoms with Crippen molar-refractivity contribution < 1.29 is 4.79 Å². The van der Waals surface area contributed by atoms with E-state index in [1.807, 2.05) is 6.07 Å². The zero-order valence-electron chi connectivity index (χ0n) is 9.44. The van der Waals surface area contributed by atoms with E-state index in [4.69, 9.17) is 16.7 Å². The summed E-state index contributed by atoms with van der Waals surface area (Å²) in [6, 6.07) is 3.53. The van der Waals surface area contributed by atoms with Gasteiger partial charge in [0.05, 0.1) is 11.3 Å². The molecule has 1 aromatic heterocycles. The Morgan fingerprint density at radius 3 is 2.88 bits per heavy atom. The van der Waals surface area contributed by atoms with Crippen LogP contribution < -0.4 is 16.8 Å². The lowest BCUT2D eigenvalue weighted by Gasteiger charge is -2.07. The number of rotatable bonds is 6. The first-order valence-electron chi connectivity index (χ1n) is 5.31. The summed E-state index contributed by atoms with van der Waals surface area (Å²) in [5, 5.41) is 11.7. The van der Waals surface area contributed by atoms with Crippen molar-refractivity contribution in [1.82, 2.24) is 4.98 Å². The Hall–Kier alpha value is -2.29. The number of amides is 1. The Bertz CT molecular complexity index is 438. The second-order valence-electron chi connectivity index (χ2n) is 3.62. The normalized spacial score (nSPS) is 9.59. The van der Waals surface area contributed by atoms with Gasteiger partial charge in [0.1, 0.15) is 11.9 Å². The van der Waals surface area contributed by atoms with Crippen LogP contribution in [0.4, 0.5) is 11.5 Å². The molecule has 1 amide bonds. The highest BCUT2D eigenvalue weighted by Gasteiger charge is 2.01. The minimum absolute atomic E-state index is 0.291. The monoisotopic (exact) mass is 233 g/mol. The fourth-order valence-corrected chi connectivity index (χ4v) is 1.32. The maximum absolute atomic E-state index is 10.5. The quantitative estimate of drug-likeness (QED) is 0.622. The SMILES string of the molecule is N#Cc1cnc(NCCCCC(N)=O)c(N)c1. The van der Waals surface area contributed by atoms with Crippen LogP contribution in [-0.2, 0) is 4.79 Å². The number of unbranched alkanes of at least 4 members (excludes halogenated alkanes) is 1. The van der Waals surface area contributed by atoms with E-state index in [1.165, 1.54) is 6.20 Å². The topological polar surface area (TPSA) is 118 Å². The highest BCUT2D eigenvalue weighted by Crippen LogP contribution is 2.15. The van der Waals surface area contributed by atoms with E-state index in [9.17, 15) is 4.79 Å². The van der Waals surface area contributed by atoms with Crippen molar-refractivity contribution >= 4 is 17.4 Å². The molecule has 0 fully saturated rings. The van der Waals surface area contributed by atoms with Gasteiger partial charge >= 0.3 is 0 Å². The van der Waals surface area contributed by atoms with Crippen molar-refractivity contribution in [3.8, 4) is 6.07 Å². The molecule has 0 spiro atoms. The van der Waals surface area contributed by atoms with Crippen molar-refractivity contribution in [3.05, 3.63) is 17.8 Å². The largest absolute Gasteiger partial charge is 0.396 e. The number of nitriles is 1. The van der Waals surface area contributed by atoms with Gasteiger partial charge in [-0.3, -0.25) is 4.79 Å². The van der Waals surface area contributed by atoms with Crippen LogP contribution >= 0.6 is 0 Å². The minimum atomic E-state index is -0.291. The minimum Gasteiger partial charge on any atom is -0.396 e. The van der Waals surface area contributed by atoms with Crippen LogP contribution in [0.5, 0.6) is 0 Å². The lowest BCUT2D eigenvalue weighted by atomic mass is 10.2. The van der Waals surface area contributed by atoms with E-state index in [0.717, 1.165) is 12.8 Å². The Kier molecular flexibility index (Phi) is 4.76. The molecule has 1 aromatic rings. The Balaban J connectivity index is 2.37. The van der Waals surface area contributed by atoms with Crippen molar-refractivity contribution in [2.75, 3.05) is 17.6 Å². The highest BCUT2D eigenvalue weighted by molar-refractivity contribution is 5.73. The lowest BCUT2D eigenvalue weighted by molar-refractivity contribution is -0.118. The molecule has 1 heterocycles. The van der Waals surface area contributed by atoms with Crippen LogP contribution in [-0.4, -0.2) is 17.4 Å². The van der Waals surface area contributed by atoms with E-state index in [2.05, 4.69) is 10.3 Å². The number of nitrogens with one attached hydrogen (secondary N) is 1. The molecule has 1 rings (SSSR count). The predicted octanol–water partition coefficient (Wildman–Crippen LogP) is 0.603. The maximum atomic E-state index is 10.5. The van der Waals surface area contributed by atoms with Gasteiger partial charge < -0.3 is 16.8 Å². The highest BCUT2D eigenvalue weighted by atomic mass is 16.1. The molecule has 0 unspecified atom stereocenters. The molecule has 0 saturated carbocycles. The van der Waals surface area contributed by atoms with Crippen molar-refractivity contribution in [2.45, 2.75) is 19.3 Å². The number of nitrogens with zero attached hydrogens (tertiary/aromatic N) is 2. The standard InChI is InChI=1S/C11H15N5O/c12-6-8-5-9(13)11(16-7-8)15-4-2-1-3-10(14)17/h5,7H,1-4,13H2,(H2,14,17)(H,15,16). The van der Waals surface area contributed by atoms with Crippen LogP contribution in [0.2, 0.25) is 0 Å². The Morgan fingerprint density at radius 1 is 1.53 bits per heavy atom. The van der Waals surface area contributed by atoms with Gasteiger partial charge in [-0.2, -0.15) is 5.26 Å².